The first-order chi connectivity index (χ1) is 22.3. The predicted molar refractivity (Wildman–Crippen MR) is 174 cm³/mol. The normalized spacial score (nSPS) is 21.4. The van der Waals surface area contributed by atoms with Gasteiger partial charge in [-0.2, -0.15) is 18.4 Å². The molecule has 3 N–H and O–H groups in total. The van der Waals surface area contributed by atoms with Gasteiger partial charge in [-0.25, -0.2) is 9.97 Å². The molecule has 256 valence electrons. The van der Waals surface area contributed by atoms with Crippen molar-refractivity contribution in [2.24, 2.45) is 28.6 Å². The number of likely N-dealkylation sites (tertiary alicyclic amines) is 1. The van der Waals surface area contributed by atoms with E-state index in [1.54, 1.807) is 6.07 Å². The monoisotopic (exact) mass is 665 g/mol. The van der Waals surface area contributed by atoms with Gasteiger partial charge in [-0.05, 0) is 71.6 Å². The second-order valence-corrected chi connectivity index (χ2v) is 14.9. The zero-order valence-electron chi connectivity index (χ0n) is 28.2. The molecule has 2 amide bonds. The van der Waals surface area contributed by atoms with Gasteiger partial charge in [-0.3, -0.25) is 14.4 Å². The van der Waals surface area contributed by atoms with Gasteiger partial charge < -0.3 is 20.5 Å². The molecule has 5 rings (SSSR count). The number of aromatic amines is 1. The highest BCUT2D eigenvalue weighted by atomic mass is 19.4. The van der Waals surface area contributed by atoms with Crippen molar-refractivity contribution in [3.63, 3.8) is 0 Å². The minimum Gasteiger partial charge on any atom is -0.342 e. The zero-order valence-corrected chi connectivity index (χ0v) is 28.2. The second-order valence-electron chi connectivity index (χ2n) is 14.9. The van der Waals surface area contributed by atoms with Crippen molar-refractivity contribution < 1.29 is 22.8 Å². The maximum Gasteiger partial charge on any atom is 0.433 e. The smallest absolute Gasteiger partial charge is 0.342 e. The Morgan fingerprint density at radius 2 is 1.90 bits per heavy atom. The zero-order chi connectivity index (χ0) is 35.3. The molecule has 2 aliphatic rings. The number of halogens is 3. The van der Waals surface area contributed by atoms with Gasteiger partial charge in [0.15, 0.2) is 0 Å². The second kappa shape index (κ2) is 12.5. The largest absolute Gasteiger partial charge is 0.433 e. The molecule has 1 aliphatic heterocycles. The van der Waals surface area contributed by atoms with Crippen LogP contribution in [0.25, 0.3) is 10.9 Å². The number of pyridine rings is 1. The van der Waals surface area contributed by atoms with Gasteiger partial charge in [0.2, 0.25) is 17.8 Å². The number of aryl methyl sites for hydroxylation is 1. The molecule has 2 fully saturated rings. The van der Waals surface area contributed by atoms with E-state index < -0.39 is 47.2 Å². The Morgan fingerprint density at radius 1 is 1.19 bits per heavy atom. The van der Waals surface area contributed by atoms with E-state index in [-0.39, 0.29) is 47.6 Å². The molecule has 0 radical (unpaired) electrons. The Balaban J connectivity index is 1.42. The Kier molecular flexibility index (Phi) is 9.09. The SMILES string of the molecule is Cc1ccc2[nH]c(=O)c(CC(C#N)NC(=O)[C@@H]3[C@@H]4[C@H](CN3C(=O)[C@@H](Nc3nccc(C(F)(F)F)n3)C(C)(C)CC(C)C)C4(C)C)cc2c1. The summed E-state index contributed by atoms with van der Waals surface area (Å²) >= 11 is 0. The van der Waals surface area contributed by atoms with Crippen molar-refractivity contribution in [1.29, 1.82) is 5.26 Å². The molecule has 2 aromatic heterocycles. The molecule has 1 saturated heterocycles. The summed E-state index contributed by atoms with van der Waals surface area (Å²) in [6, 6.07) is 7.14. The number of alkyl halides is 3. The summed E-state index contributed by atoms with van der Waals surface area (Å²) in [5, 5.41) is 16.5. The Labute approximate surface area is 277 Å². The van der Waals surface area contributed by atoms with Crippen molar-refractivity contribution in [3.8, 4) is 6.07 Å². The number of fused-ring (bicyclic) bond motifs is 2. The minimum atomic E-state index is -4.70. The van der Waals surface area contributed by atoms with E-state index in [9.17, 15) is 32.8 Å². The third-order valence-electron chi connectivity index (χ3n) is 9.92. The fourth-order valence-corrected chi connectivity index (χ4v) is 7.58. The van der Waals surface area contributed by atoms with Crippen LogP contribution >= 0.6 is 0 Å². The lowest BCUT2D eigenvalue weighted by molar-refractivity contribution is -0.143. The molecule has 3 heterocycles. The first-order valence-electron chi connectivity index (χ1n) is 16.1. The molecular formula is C35H42F3N7O3. The Bertz CT molecular complexity index is 1830. The van der Waals surface area contributed by atoms with Crippen LogP contribution in [0.15, 0.2) is 41.3 Å². The number of anilines is 1. The quantitative estimate of drug-likeness (QED) is 0.269. The number of piperidine rings is 1. The van der Waals surface area contributed by atoms with Crippen LogP contribution in [0.1, 0.15) is 64.8 Å². The van der Waals surface area contributed by atoms with Crippen LogP contribution in [-0.2, 0) is 22.2 Å². The molecule has 5 atom stereocenters. The standard InChI is InChI=1S/C35H42F3N7O3/c1-18(2)15-33(4,5)28(44-32-40-11-10-25(43-32)35(36,37)38)31(48)45-17-23-26(34(23,6)7)27(45)30(47)41-22(16-39)14-21-13-20-12-19(3)8-9-24(20)42-29(21)46/h8-13,18,22-23,26-28H,14-15,17H2,1-7H3,(H,41,47)(H,42,46)(H,40,43,44)/t22?,23-,26-,27-,28+/m0/s1. The molecule has 0 spiro atoms. The molecule has 1 unspecified atom stereocenters. The molecule has 13 heteroatoms. The number of amides is 2. The van der Waals surface area contributed by atoms with Gasteiger partial charge in [-0.1, -0.05) is 53.2 Å². The lowest BCUT2D eigenvalue weighted by Gasteiger charge is -2.40. The molecule has 10 nitrogen and oxygen atoms in total. The van der Waals surface area contributed by atoms with Gasteiger partial charge >= 0.3 is 6.18 Å². The third kappa shape index (κ3) is 6.89. The van der Waals surface area contributed by atoms with Crippen molar-refractivity contribution >= 4 is 28.7 Å². The number of hydrogen-bond acceptors (Lipinski definition) is 7. The number of carbonyl (C=O) groups is 2. The van der Waals surface area contributed by atoms with Gasteiger partial charge in [0, 0.05) is 30.2 Å². The van der Waals surface area contributed by atoms with Crippen molar-refractivity contribution in [2.75, 3.05) is 11.9 Å². The number of nitrogens with one attached hydrogen (secondary N) is 3. The number of benzene rings is 1. The van der Waals surface area contributed by atoms with Gasteiger partial charge in [0.05, 0.1) is 6.07 Å². The van der Waals surface area contributed by atoms with Crippen LogP contribution in [-0.4, -0.2) is 56.3 Å². The molecule has 1 aromatic carbocycles. The van der Waals surface area contributed by atoms with E-state index in [0.29, 0.717) is 17.5 Å². The first-order valence-corrected chi connectivity index (χ1v) is 16.1. The summed E-state index contributed by atoms with van der Waals surface area (Å²) in [7, 11) is 0. The van der Waals surface area contributed by atoms with Gasteiger partial charge in [0.1, 0.15) is 23.8 Å². The lowest BCUT2D eigenvalue weighted by Crippen LogP contribution is -2.58. The predicted octanol–water partition coefficient (Wildman–Crippen LogP) is 5.23. The molecule has 1 aliphatic carbocycles. The fourth-order valence-electron chi connectivity index (χ4n) is 7.58. The van der Waals surface area contributed by atoms with Crippen LogP contribution in [0.5, 0.6) is 0 Å². The van der Waals surface area contributed by atoms with Gasteiger partial charge in [0.25, 0.3) is 5.56 Å². The van der Waals surface area contributed by atoms with Crippen LogP contribution in [0, 0.1) is 46.8 Å². The number of carbonyl (C=O) groups excluding carboxylic acids is 2. The van der Waals surface area contributed by atoms with Crippen molar-refractivity contribution in [1.82, 2.24) is 25.2 Å². The van der Waals surface area contributed by atoms with E-state index in [4.69, 9.17) is 0 Å². The summed E-state index contributed by atoms with van der Waals surface area (Å²) in [6.45, 7) is 13.9. The minimum absolute atomic E-state index is 0.0166. The summed E-state index contributed by atoms with van der Waals surface area (Å²) in [5.41, 5.74) is -0.525. The molecule has 48 heavy (non-hydrogen) atoms. The van der Waals surface area contributed by atoms with E-state index in [2.05, 4.69) is 31.7 Å². The van der Waals surface area contributed by atoms with Crippen molar-refractivity contribution in [2.45, 2.75) is 85.6 Å². The number of rotatable bonds is 10. The molecule has 3 aromatic rings. The lowest BCUT2D eigenvalue weighted by atomic mass is 9.76. The highest BCUT2D eigenvalue weighted by Crippen LogP contribution is 2.65. The average molecular weight is 666 g/mol. The van der Waals surface area contributed by atoms with Crippen molar-refractivity contribution in [3.05, 3.63) is 63.7 Å². The Morgan fingerprint density at radius 3 is 2.54 bits per heavy atom. The van der Waals surface area contributed by atoms with E-state index in [0.717, 1.165) is 23.2 Å². The van der Waals surface area contributed by atoms with E-state index in [1.165, 1.54) is 4.90 Å². The number of nitriles is 1. The van der Waals surface area contributed by atoms with Crippen LogP contribution in [0.2, 0.25) is 0 Å². The highest BCUT2D eigenvalue weighted by Gasteiger charge is 2.70. The topological polar surface area (TPSA) is 144 Å². The maximum absolute atomic E-state index is 14.5. The summed E-state index contributed by atoms with van der Waals surface area (Å²) in [6.07, 6.45) is -3.22. The molecule has 0 bridgehead atoms. The average Bonchev–Trinajstić information content (AvgIpc) is 3.30. The summed E-state index contributed by atoms with van der Waals surface area (Å²) in [4.78, 5) is 53.3. The fraction of sp³-hybridized carbons (Fsp3) is 0.543. The maximum atomic E-state index is 14.5. The van der Waals surface area contributed by atoms with Crippen LogP contribution < -0.4 is 16.2 Å². The number of H-pyrrole nitrogens is 1. The number of hydrogen-bond donors (Lipinski definition) is 3. The molecule has 1 saturated carbocycles. The first kappa shape index (κ1) is 34.9. The van der Waals surface area contributed by atoms with E-state index in [1.807, 2.05) is 66.7 Å². The van der Waals surface area contributed by atoms with Gasteiger partial charge in [-0.15, -0.1) is 0 Å². The van der Waals surface area contributed by atoms with E-state index >= 15 is 0 Å². The summed E-state index contributed by atoms with van der Waals surface area (Å²) < 4.78 is 40.4. The Hall–Kier alpha value is -4.47. The van der Waals surface area contributed by atoms with Crippen LogP contribution in [0.4, 0.5) is 19.1 Å². The highest BCUT2D eigenvalue weighted by molar-refractivity contribution is 5.93. The number of nitrogens with zero attached hydrogens (tertiary/aromatic N) is 4. The summed E-state index contributed by atoms with van der Waals surface area (Å²) in [5.74, 6) is -1.35. The number of aromatic nitrogens is 3. The molecular weight excluding hydrogens is 623 g/mol. The van der Waals surface area contributed by atoms with Crippen LogP contribution in [0.3, 0.4) is 0 Å². The third-order valence-corrected chi connectivity index (χ3v) is 9.92.